The second-order valence-electron chi connectivity index (χ2n) is 8.22. The van der Waals surface area contributed by atoms with Crippen molar-refractivity contribution < 1.29 is 13.8 Å². The predicted octanol–water partition coefficient (Wildman–Crippen LogP) is 3.94. The van der Waals surface area contributed by atoms with Crippen LogP contribution in [0.3, 0.4) is 0 Å². The number of aromatic nitrogens is 2. The molecule has 1 fully saturated rings. The van der Waals surface area contributed by atoms with Crippen LogP contribution in [0.2, 0.25) is 0 Å². The molecule has 0 spiro atoms. The minimum atomic E-state index is -0.240. The molecule has 2 aliphatic rings. The molecule has 1 aliphatic carbocycles. The first kappa shape index (κ1) is 18.6. The van der Waals surface area contributed by atoms with Crippen LogP contribution in [0.1, 0.15) is 50.3 Å². The molecule has 4 atom stereocenters. The topological polar surface area (TPSA) is 50.1 Å². The summed E-state index contributed by atoms with van der Waals surface area (Å²) < 4.78 is 20.7. The van der Waals surface area contributed by atoms with Crippen molar-refractivity contribution in [1.82, 2.24) is 9.78 Å². The molecule has 0 bridgehead atoms. The predicted molar refractivity (Wildman–Crippen MR) is 102 cm³/mol. The molecule has 2 aromatic rings. The van der Waals surface area contributed by atoms with Crippen molar-refractivity contribution in [3.63, 3.8) is 0 Å². The third kappa shape index (κ3) is 3.93. The van der Waals surface area contributed by atoms with E-state index < -0.39 is 0 Å². The van der Waals surface area contributed by atoms with Gasteiger partial charge in [0.05, 0.1) is 18.4 Å². The molecule has 27 heavy (non-hydrogen) atoms. The van der Waals surface area contributed by atoms with E-state index in [1.54, 1.807) is 12.1 Å². The fourth-order valence-electron chi connectivity index (χ4n) is 4.82. The number of nitrogens with zero attached hydrogens (tertiary/aromatic N) is 3. The van der Waals surface area contributed by atoms with Gasteiger partial charge in [0.1, 0.15) is 31.1 Å². The number of halogens is 1. The second kappa shape index (κ2) is 7.34. The maximum atomic E-state index is 13.2. The lowest BCUT2D eigenvalue weighted by Gasteiger charge is -2.50. The van der Waals surface area contributed by atoms with E-state index in [4.69, 9.17) is 4.74 Å². The van der Waals surface area contributed by atoms with Gasteiger partial charge in [-0.15, -0.1) is 0 Å². The summed E-state index contributed by atoms with van der Waals surface area (Å²) in [4.78, 5) is 0. The Bertz CT molecular complexity index is 779. The summed E-state index contributed by atoms with van der Waals surface area (Å²) >= 11 is 0. The molecule has 6 heteroatoms. The number of benzene rings is 1. The van der Waals surface area contributed by atoms with Crippen LogP contribution in [0.25, 0.3) is 5.69 Å². The molecule has 4 rings (SSSR count). The highest BCUT2D eigenvalue weighted by molar-refractivity contribution is 5.37. The van der Waals surface area contributed by atoms with E-state index in [1.165, 1.54) is 23.4 Å². The summed E-state index contributed by atoms with van der Waals surface area (Å²) in [6, 6.07) is 6.47. The van der Waals surface area contributed by atoms with Crippen LogP contribution in [-0.4, -0.2) is 46.3 Å². The first-order valence-corrected chi connectivity index (χ1v) is 9.99. The minimum Gasteiger partial charge on any atom is -0.633 e. The first-order chi connectivity index (χ1) is 12.9. The standard InChI is InChI=1S/C21H28FN3O2/c1-15-13-25(26,14-16(2)27-15)11-10-17-4-3-5-21-20(17)12-23-24(21)19-8-6-18(22)7-9-19/h6-9,12,15-17H,3-5,10-11,13-14H2,1-2H3/t15-,16+,17?,25?. The van der Waals surface area contributed by atoms with Gasteiger partial charge in [0, 0.05) is 12.1 Å². The third-order valence-electron chi connectivity index (χ3n) is 5.91. The zero-order valence-corrected chi connectivity index (χ0v) is 16.1. The van der Waals surface area contributed by atoms with Gasteiger partial charge in [-0.05, 0) is 68.9 Å². The second-order valence-corrected chi connectivity index (χ2v) is 8.22. The number of ether oxygens (including phenoxy) is 1. The molecule has 1 aliphatic heterocycles. The molecule has 146 valence electrons. The molecule has 0 amide bonds. The summed E-state index contributed by atoms with van der Waals surface area (Å²) in [6.45, 7) is 5.69. The number of quaternary nitrogens is 1. The van der Waals surface area contributed by atoms with E-state index in [-0.39, 0.29) is 22.7 Å². The van der Waals surface area contributed by atoms with Crippen molar-refractivity contribution in [1.29, 1.82) is 0 Å². The summed E-state index contributed by atoms with van der Waals surface area (Å²) in [5.41, 5.74) is 3.35. The molecule has 0 radical (unpaired) electrons. The quantitative estimate of drug-likeness (QED) is 0.602. The monoisotopic (exact) mass is 373 g/mol. The van der Waals surface area contributed by atoms with Crippen LogP contribution in [0.15, 0.2) is 30.5 Å². The largest absolute Gasteiger partial charge is 0.633 e. The Kier molecular flexibility index (Phi) is 5.05. The lowest BCUT2D eigenvalue weighted by molar-refractivity contribution is -0.896. The molecule has 5 nitrogen and oxygen atoms in total. The van der Waals surface area contributed by atoms with Crippen molar-refractivity contribution in [2.45, 2.75) is 57.7 Å². The summed E-state index contributed by atoms with van der Waals surface area (Å²) in [5, 5.41) is 17.7. The number of hydrogen-bond acceptors (Lipinski definition) is 3. The SMILES string of the molecule is C[C@@H]1C[N+]([O-])(CCC2CCCc3c2cnn3-c2ccc(F)cc2)C[C@H](C)O1. The Morgan fingerprint density at radius 2 is 1.93 bits per heavy atom. The zero-order valence-electron chi connectivity index (χ0n) is 16.1. The maximum Gasteiger partial charge on any atom is 0.123 e. The molecule has 1 aromatic heterocycles. The molecule has 2 unspecified atom stereocenters. The Labute approximate surface area is 159 Å². The van der Waals surface area contributed by atoms with E-state index in [0.717, 1.165) is 31.4 Å². The van der Waals surface area contributed by atoms with Gasteiger partial charge in [0.2, 0.25) is 0 Å². The molecule has 2 heterocycles. The number of rotatable bonds is 4. The highest BCUT2D eigenvalue weighted by Gasteiger charge is 2.33. The molecule has 1 saturated heterocycles. The summed E-state index contributed by atoms with van der Waals surface area (Å²) in [5.74, 6) is 0.136. The fourth-order valence-corrected chi connectivity index (χ4v) is 4.82. The lowest BCUT2D eigenvalue weighted by Crippen LogP contribution is -2.56. The Morgan fingerprint density at radius 3 is 2.63 bits per heavy atom. The van der Waals surface area contributed by atoms with Gasteiger partial charge >= 0.3 is 0 Å². The number of fused-ring (bicyclic) bond motifs is 1. The minimum absolute atomic E-state index is 0.0226. The van der Waals surface area contributed by atoms with Gasteiger partial charge in [0.15, 0.2) is 0 Å². The van der Waals surface area contributed by atoms with Gasteiger partial charge in [-0.2, -0.15) is 5.10 Å². The van der Waals surface area contributed by atoms with Gasteiger partial charge in [-0.1, -0.05) is 0 Å². The van der Waals surface area contributed by atoms with Crippen molar-refractivity contribution in [2.75, 3.05) is 19.6 Å². The maximum absolute atomic E-state index is 13.2. The van der Waals surface area contributed by atoms with Gasteiger partial charge in [-0.3, -0.25) is 0 Å². The van der Waals surface area contributed by atoms with Crippen LogP contribution >= 0.6 is 0 Å². The van der Waals surface area contributed by atoms with Crippen LogP contribution in [0.5, 0.6) is 0 Å². The number of hydrogen-bond donors (Lipinski definition) is 0. The van der Waals surface area contributed by atoms with E-state index >= 15 is 0 Å². The number of hydroxylamine groups is 3. The van der Waals surface area contributed by atoms with Crippen molar-refractivity contribution in [2.24, 2.45) is 0 Å². The average molecular weight is 373 g/mol. The third-order valence-corrected chi connectivity index (χ3v) is 5.91. The van der Waals surface area contributed by atoms with E-state index in [9.17, 15) is 9.60 Å². The van der Waals surface area contributed by atoms with E-state index in [0.29, 0.717) is 25.6 Å². The van der Waals surface area contributed by atoms with E-state index in [1.807, 2.05) is 24.7 Å². The van der Waals surface area contributed by atoms with Gasteiger partial charge in [-0.25, -0.2) is 9.07 Å². The van der Waals surface area contributed by atoms with Crippen LogP contribution in [0.4, 0.5) is 4.39 Å². The highest BCUT2D eigenvalue weighted by atomic mass is 19.1. The summed E-state index contributed by atoms with van der Waals surface area (Å²) in [7, 11) is 0. The molecular weight excluding hydrogens is 345 g/mol. The van der Waals surface area contributed by atoms with Gasteiger partial charge < -0.3 is 14.6 Å². The lowest BCUT2D eigenvalue weighted by atomic mass is 9.84. The van der Waals surface area contributed by atoms with Crippen molar-refractivity contribution >= 4 is 0 Å². The van der Waals surface area contributed by atoms with Crippen molar-refractivity contribution in [3.8, 4) is 5.69 Å². The molecule has 0 saturated carbocycles. The van der Waals surface area contributed by atoms with Crippen LogP contribution < -0.4 is 0 Å². The Morgan fingerprint density at radius 1 is 1.22 bits per heavy atom. The highest BCUT2D eigenvalue weighted by Crippen LogP contribution is 2.36. The van der Waals surface area contributed by atoms with E-state index in [2.05, 4.69) is 5.10 Å². The zero-order chi connectivity index (χ0) is 19.0. The normalized spacial score (nSPS) is 30.9. The average Bonchev–Trinajstić information content (AvgIpc) is 3.04. The fraction of sp³-hybridized carbons (Fsp3) is 0.571. The first-order valence-electron chi connectivity index (χ1n) is 9.99. The Balaban J connectivity index is 1.50. The van der Waals surface area contributed by atoms with Crippen LogP contribution in [0, 0.1) is 11.0 Å². The van der Waals surface area contributed by atoms with Crippen molar-refractivity contribution in [3.05, 3.63) is 52.7 Å². The van der Waals surface area contributed by atoms with Gasteiger partial charge in [0.25, 0.3) is 0 Å². The molecular formula is C21H28FN3O2. The van der Waals surface area contributed by atoms with Crippen LogP contribution in [-0.2, 0) is 11.2 Å². The summed E-state index contributed by atoms with van der Waals surface area (Å²) in [6.07, 6.45) is 6.04. The number of morpholine rings is 1. The smallest absolute Gasteiger partial charge is 0.123 e. The molecule has 1 aromatic carbocycles. The Hall–Kier alpha value is -1.76. The molecule has 0 N–H and O–H groups in total.